The molecule has 2 aromatic rings. The number of hydrogen-bond donors (Lipinski definition) is 1. The fourth-order valence-electron chi connectivity index (χ4n) is 1.43. The van der Waals surface area contributed by atoms with Gasteiger partial charge in [-0.2, -0.15) is 0 Å². The first kappa shape index (κ1) is 13.7. The van der Waals surface area contributed by atoms with Crippen molar-refractivity contribution < 1.29 is 9.21 Å². The average molecular weight is 280 g/mol. The zero-order chi connectivity index (χ0) is 13.8. The number of thioether (sulfide) groups is 1. The maximum atomic E-state index is 11.7. The molecule has 6 nitrogen and oxygen atoms in total. The SMILES string of the molecule is Cc1nc(SCC(=O)NCc2nccn2C)oc1C. The van der Waals surface area contributed by atoms with Crippen molar-refractivity contribution in [3.05, 3.63) is 29.7 Å². The minimum absolute atomic E-state index is 0.0680. The lowest BCUT2D eigenvalue weighted by molar-refractivity contribution is -0.118. The molecule has 2 rings (SSSR count). The summed E-state index contributed by atoms with van der Waals surface area (Å²) in [6, 6.07) is 0. The van der Waals surface area contributed by atoms with Crippen molar-refractivity contribution in [1.29, 1.82) is 0 Å². The summed E-state index contributed by atoms with van der Waals surface area (Å²) in [5.41, 5.74) is 0.857. The van der Waals surface area contributed by atoms with Crippen molar-refractivity contribution in [2.45, 2.75) is 25.6 Å². The van der Waals surface area contributed by atoms with Crippen LogP contribution in [0.4, 0.5) is 0 Å². The molecule has 0 radical (unpaired) electrons. The molecule has 0 aliphatic carbocycles. The predicted octanol–water partition coefficient (Wildman–Crippen LogP) is 1.43. The van der Waals surface area contributed by atoms with Gasteiger partial charge in [0.05, 0.1) is 18.0 Å². The number of aryl methyl sites for hydroxylation is 3. The molecule has 1 amide bonds. The Kier molecular flexibility index (Phi) is 4.26. The zero-order valence-corrected chi connectivity index (χ0v) is 12.0. The van der Waals surface area contributed by atoms with E-state index in [9.17, 15) is 4.79 Å². The summed E-state index contributed by atoms with van der Waals surface area (Å²) in [7, 11) is 1.89. The summed E-state index contributed by atoms with van der Waals surface area (Å²) in [5.74, 6) is 1.82. The minimum atomic E-state index is -0.0680. The van der Waals surface area contributed by atoms with Crippen LogP contribution in [0.3, 0.4) is 0 Å². The van der Waals surface area contributed by atoms with Crippen molar-refractivity contribution in [3.63, 3.8) is 0 Å². The van der Waals surface area contributed by atoms with Crippen LogP contribution in [0.15, 0.2) is 22.0 Å². The molecule has 0 bridgehead atoms. The van der Waals surface area contributed by atoms with Gasteiger partial charge < -0.3 is 14.3 Å². The summed E-state index contributed by atoms with van der Waals surface area (Å²) < 4.78 is 7.26. The number of amides is 1. The first-order chi connectivity index (χ1) is 9.06. The summed E-state index contributed by atoms with van der Waals surface area (Å²) in [6.07, 6.45) is 3.54. The third kappa shape index (κ3) is 3.60. The first-order valence-electron chi connectivity index (χ1n) is 5.86. The van der Waals surface area contributed by atoms with Crippen molar-refractivity contribution in [3.8, 4) is 0 Å². The minimum Gasteiger partial charge on any atom is -0.437 e. The fourth-order valence-corrected chi connectivity index (χ4v) is 2.17. The van der Waals surface area contributed by atoms with Crippen molar-refractivity contribution in [1.82, 2.24) is 19.9 Å². The highest BCUT2D eigenvalue weighted by molar-refractivity contribution is 7.99. The van der Waals surface area contributed by atoms with E-state index in [2.05, 4.69) is 15.3 Å². The topological polar surface area (TPSA) is 73.0 Å². The Labute approximate surface area is 115 Å². The number of nitrogens with zero attached hydrogens (tertiary/aromatic N) is 3. The van der Waals surface area contributed by atoms with Crippen LogP contribution < -0.4 is 5.32 Å². The molecule has 0 saturated heterocycles. The van der Waals surface area contributed by atoms with Crippen LogP contribution in [0.2, 0.25) is 0 Å². The number of nitrogens with one attached hydrogen (secondary N) is 1. The molecular formula is C12H16N4O2S. The average Bonchev–Trinajstić information content (AvgIpc) is 2.91. The van der Waals surface area contributed by atoms with Gasteiger partial charge in [0.1, 0.15) is 11.6 Å². The molecule has 7 heteroatoms. The van der Waals surface area contributed by atoms with Gasteiger partial charge in [-0.25, -0.2) is 9.97 Å². The number of hydrogen-bond acceptors (Lipinski definition) is 5. The molecule has 2 aromatic heterocycles. The lowest BCUT2D eigenvalue weighted by atomic mass is 10.4. The fraction of sp³-hybridized carbons (Fsp3) is 0.417. The highest BCUT2D eigenvalue weighted by Crippen LogP contribution is 2.19. The van der Waals surface area contributed by atoms with E-state index in [0.29, 0.717) is 11.8 Å². The van der Waals surface area contributed by atoms with Crippen molar-refractivity contribution in [2.24, 2.45) is 7.05 Å². The molecule has 19 heavy (non-hydrogen) atoms. The van der Waals surface area contributed by atoms with E-state index >= 15 is 0 Å². The summed E-state index contributed by atoms with van der Waals surface area (Å²) in [4.78, 5) is 20.0. The lowest BCUT2D eigenvalue weighted by Crippen LogP contribution is -2.25. The number of oxazole rings is 1. The quantitative estimate of drug-likeness (QED) is 0.839. The standard InChI is InChI=1S/C12H16N4O2S/c1-8-9(2)18-12(15-8)19-7-11(17)14-6-10-13-4-5-16(10)3/h4-5H,6-7H2,1-3H3,(H,14,17). The molecule has 1 N–H and O–H groups in total. The molecule has 2 heterocycles. The van der Waals surface area contributed by atoms with E-state index in [4.69, 9.17) is 4.42 Å². The first-order valence-corrected chi connectivity index (χ1v) is 6.84. The Morgan fingerprint density at radius 2 is 2.32 bits per heavy atom. The summed E-state index contributed by atoms with van der Waals surface area (Å²) >= 11 is 1.29. The van der Waals surface area contributed by atoms with Gasteiger partial charge in [-0.1, -0.05) is 11.8 Å². The van der Waals surface area contributed by atoms with E-state index in [1.54, 1.807) is 6.20 Å². The highest BCUT2D eigenvalue weighted by Gasteiger charge is 2.09. The Hall–Kier alpha value is -1.76. The lowest BCUT2D eigenvalue weighted by Gasteiger charge is -2.04. The van der Waals surface area contributed by atoms with Crippen LogP contribution in [0.1, 0.15) is 17.3 Å². The Morgan fingerprint density at radius 1 is 1.53 bits per heavy atom. The monoisotopic (exact) mass is 280 g/mol. The van der Waals surface area contributed by atoms with Gasteiger partial charge in [0.25, 0.3) is 5.22 Å². The number of rotatable bonds is 5. The second-order valence-electron chi connectivity index (χ2n) is 4.14. The van der Waals surface area contributed by atoms with Gasteiger partial charge >= 0.3 is 0 Å². The Bertz CT molecular complexity index is 557. The predicted molar refractivity (Wildman–Crippen MR) is 71.8 cm³/mol. The molecule has 102 valence electrons. The molecule has 0 aliphatic rings. The molecular weight excluding hydrogens is 264 g/mol. The van der Waals surface area contributed by atoms with Gasteiger partial charge in [-0.15, -0.1) is 0 Å². The van der Waals surface area contributed by atoms with Crippen molar-refractivity contribution in [2.75, 3.05) is 5.75 Å². The molecule has 0 spiro atoms. The second kappa shape index (κ2) is 5.92. The Morgan fingerprint density at radius 3 is 2.89 bits per heavy atom. The highest BCUT2D eigenvalue weighted by atomic mass is 32.2. The van der Waals surface area contributed by atoms with Crippen LogP contribution in [0, 0.1) is 13.8 Å². The van der Waals surface area contributed by atoms with Gasteiger partial charge in [-0.05, 0) is 13.8 Å². The molecule has 0 aliphatic heterocycles. The smallest absolute Gasteiger partial charge is 0.256 e. The van der Waals surface area contributed by atoms with Crippen LogP contribution in [-0.2, 0) is 18.4 Å². The molecule has 0 saturated carbocycles. The van der Waals surface area contributed by atoms with E-state index < -0.39 is 0 Å². The maximum absolute atomic E-state index is 11.7. The maximum Gasteiger partial charge on any atom is 0.256 e. The van der Waals surface area contributed by atoms with Crippen LogP contribution >= 0.6 is 11.8 Å². The molecule has 0 fully saturated rings. The Balaban J connectivity index is 1.77. The van der Waals surface area contributed by atoms with E-state index in [-0.39, 0.29) is 11.7 Å². The number of carbonyl (C=O) groups is 1. The summed E-state index contributed by atoms with van der Waals surface area (Å²) in [6.45, 7) is 4.16. The van der Waals surface area contributed by atoms with Gasteiger partial charge in [0.15, 0.2) is 0 Å². The number of aromatic nitrogens is 3. The third-order valence-electron chi connectivity index (χ3n) is 2.70. The van der Waals surface area contributed by atoms with Gasteiger partial charge in [0.2, 0.25) is 5.91 Å². The van der Waals surface area contributed by atoms with Crippen molar-refractivity contribution >= 4 is 17.7 Å². The number of imidazole rings is 1. The van der Waals surface area contributed by atoms with Gasteiger partial charge in [0, 0.05) is 19.4 Å². The van der Waals surface area contributed by atoms with Crippen LogP contribution in [0.5, 0.6) is 0 Å². The molecule has 0 unspecified atom stereocenters. The zero-order valence-electron chi connectivity index (χ0n) is 11.1. The molecule has 0 atom stereocenters. The van der Waals surface area contributed by atoms with Crippen LogP contribution in [-0.4, -0.2) is 26.2 Å². The molecule has 0 aromatic carbocycles. The van der Waals surface area contributed by atoms with Crippen LogP contribution in [0.25, 0.3) is 0 Å². The second-order valence-corrected chi connectivity index (χ2v) is 5.07. The van der Waals surface area contributed by atoms with E-state index in [1.807, 2.05) is 31.7 Å². The van der Waals surface area contributed by atoms with E-state index in [1.165, 1.54) is 11.8 Å². The van der Waals surface area contributed by atoms with E-state index in [0.717, 1.165) is 17.3 Å². The largest absolute Gasteiger partial charge is 0.437 e. The number of carbonyl (C=O) groups excluding carboxylic acids is 1. The van der Waals surface area contributed by atoms with Gasteiger partial charge in [-0.3, -0.25) is 4.79 Å². The normalized spacial score (nSPS) is 10.7. The summed E-state index contributed by atoms with van der Waals surface area (Å²) in [5, 5.41) is 3.33. The third-order valence-corrected chi connectivity index (χ3v) is 3.53.